The van der Waals surface area contributed by atoms with Crippen LogP contribution < -0.4 is 16.4 Å². The lowest BCUT2D eigenvalue weighted by atomic mass is 9.72. The number of guanidine groups is 1. The number of amides is 3. The van der Waals surface area contributed by atoms with E-state index in [1.807, 2.05) is 30.3 Å². The zero-order valence-corrected chi connectivity index (χ0v) is 20.7. The molecule has 7 N–H and O–H groups in total. The minimum absolute atomic E-state index is 0.0244. The van der Waals surface area contributed by atoms with Crippen LogP contribution in [0.1, 0.15) is 44.6 Å². The van der Waals surface area contributed by atoms with Crippen molar-refractivity contribution >= 4 is 30.8 Å². The van der Waals surface area contributed by atoms with Crippen molar-refractivity contribution < 1.29 is 24.4 Å². The number of hydrogen-bond acceptors (Lipinski definition) is 6. The average molecular weight is 500 g/mol. The Balaban J connectivity index is 1.64. The number of piperidine rings is 1. The van der Waals surface area contributed by atoms with Gasteiger partial charge in [0, 0.05) is 33.0 Å². The van der Waals surface area contributed by atoms with Gasteiger partial charge in [-0.25, -0.2) is 0 Å². The Morgan fingerprint density at radius 1 is 1.11 bits per heavy atom. The molecule has 0 bridgehead atoms. The molecule has 3 atom stereocenters. The molecule has 2 aliphatic heterocycles. The maximum Gasteiger partial charge on any atom is 0.475 e. The molecule has 2 fully saturated rings. The molecule has 11 nitrogen and oxygen atoms in total. The van der Waals surface area contributed by atoms with Gasteiger partial charge in [0.05, 0.1) is 5.94 Å². The van der Waals surface area contributed by atoms with E-state index in [0.717, 1.165) is 18.4 Å². The van der Waals surface area contributed by atoms with Crippen LogP contribution in [-0.4, -0.2) is 88.3 Å². The quantitative estimate of drug-likeness (QED) is 0.147. The average Bonchev–Trinajstić information content (AvgIpc) is 3.33. The summed E-state index contributed by atoms with van der Waals surface area (Å²) >= 11 is 0. The highest BCUT2D eigenvalue weighted by Gasteiger charge is 2.39. The summed E-state index contributed by atoms with van der Waals surface area (Å²) in [7, 11) is -1.74. The van der Waals surface area contributed by atoms with Crippen molar-refractivity contribution in [1.82, 2.24) is 20.4 Å². The van der Waals surface area contributed by atoms with Gasteiger partial charge in [-0.3, -0.25) is 19.8 Å². The largest absolute Gasteiger partial charge is 0.475 e. The van der Waals surface area contributed by atoms with E-state index >= 15 is 0 Å². The van der Waals surface area contributed by atoms with Crippen LogP contribution in [-0.2, 0) is 20.8 Å². The number of nitrogens with zero attached hydrogens (tertiary/aromatic N) is 2. The third kappa shape index (κ3) is 7.44. The van der Waals surface area contributed by atoms with Gasteiger partial charge in [-0.1, -0.05) is 30.3 Å². The van der Waals surface area contributed by atoms with E-state index in [2.05, 4.69) is 10.6 Å². The summed E-state index contributed by atoms with van der Waals surface area (Å²) in [6.07, 6.45) is 3.23. The van der Waals surface area contributed by atoms with Gasteiger partial charge < -0.3 is 36.2 Å². The minimum atomic E-state index is -1.74. The molecule has 0 aromatic heterocycles. The summed E-state index contributed by atoms with van der Waals surface area (Å²) in [5, 5.41) is 32.9. The number of carbonyl (C=O) groups is 3. The van der Waals surface area contributed by atoms with Crippen LogP contribution in [0.5, 0.6) is 0 Å². The van der Waals surface area contributed by atoms with Crippen LogP contribution in [0.4, 0.5) is 0 Å². The molecule has 196 valence electrons. The molecule has 0 spiro atoms. The highest BCUT2D eigenvalue weighted by Crippen LogP contribution is 2.24. The molecule has 3 rings (SSSR count). The summed E-state index contributed by atoms with van der Waals surface area (Å²) in [6.45, 7) is 2.96. The Bertz CT molecular complexity index is 925. The maximum absolute atomic E-state index is 13.4. The summed E-state index contributed by atoms with van der Waals surface area (Å²) in [5.41, 5.74) is 6.44. The third-order valence-corrected chi connectivity index (χ3v) is 7.03. The second-order valence-corrected chi connectivity index (χ2v) is 9.71. The molecule has 12 heteroatoms. The maximum atomic E-state index is 13.4. The van der Waals surface area contributed by atoms with Crippen LogP contribution in [0.3, 0.4) is 0 Å². The predicted molar refractivity (Wildman–Crippen MR) is 135 cm³/mol. The molecule has 3 amide bonds. The fourth-order valence-electron chi connectivity index (χ4n) is 5.10. The van der Waals surface area contributed by atoms with E-state index in [9.17, 15) is 24.4 Å². The van der Waals surface area contributed by atoms with Crippen LogP contribution >= 0.6 is 0 Å². The lowest BCUT2D eigenvalue weighted by Crippen LogP contribution is -2.57. The fraction of sp³-hybridized carbons (Fsp3) is 0.583. The number of nitrogens with one attached hydrogen (secondary N) is 3. The first-order valence-corrected chi connectivity index (χ1v) is 12.5. The lowest BCUT2D eigenvalue weighted by molar-refractivity contribution is -0.141. The molecule has 0 radical (unpaired) electrons. The molecule has 2 heterocycles. The Morgan fingerprint density at radius 2 is 1.78 bits per heavy atom. The lowest BCUT2D eigenvalue weighted by Gasteiger charge is -2.34. The third-order valence-electron chi connectivity index (χ3n) is 7.03. The summed E-state index contributed by atoms with van der Waals surface area (Å²) in [4.78, 5) is 41.7. The highest BCUT2D eigenvalue weighted by molar-refractivity contribution is 6.43. The first kappa shape index (κ1) is 27.5. The topological polar surface area (TPSA) is 172 Å². The van der Waals surface area contributed by atoms with Crippen molar-refractivity contribution in [2.75, 3.05) is 19.6 Å². The van der Waals surface area contributed by atoms with Crippen LogP contribution in [0.15, 0.2) is 30.3 Å². The number of rotatable bonds is 9. The zero-order valence-electron chi connectivity index (χ0n) is 20.7. The van der Waals surface area contributed by atoms with Crippen molar-refractivity contribution in [2.24, 2.45) is 11.7 Å². The second-order valence-electron chi connectivity index (χ2n) is 9.71. The normalized spacial score (nSPS) is 19.9. The molecule has 0 unspecified atom stereocenters. The van der Waals surface area contributed by atoms with E-state index in [1.54, 1.807) is 4.90 Å². The number of benzene rings is 1. The molecular formula is C24H37BN6O5. The molecular weight excluding hydrogens is 463 g/mol. The second kappa shape index (κ2) is 12.7. The molecule has 1 aromatic carbocycles. The van der Waals surface area contributed by atoms with Crippen molar-refractivity contribution in [1.29, 1.82) is 5.41 Å². The standard InChI is InChI=1S/C24H37BN6O5/c1-16(32)28-19(14-17-6-3-2-4-7-17)23(34)31-11-5-8-20(31)22(33)29-21(25(35)36)15-18-9-12-30(13-10-18)24(26)27/h2-4,6-7,18-21,35-36H,5,8-15H2,1H3,(H3,26,27)(H,28,32)(H,29,33)/t19-,20+,21+/m1/s1. The van der Waals surface area contributed by atoms with Gasteiger partial charge in [0.15, 0.2) is 5.96 Å². The Labute approximate surface area is 212 Å². The van der Waals surface area contributed by atoms with Gasteiger partial charge in [-0.2, -0.15) is 0 Å². The van der Waals surface area contributed by atoms with Crippen molar-refractivity contribution in [3.63, 3.8) is 0 Å². The van der Waals surface area contributed by atoms with Crippen molar-refractivity contribution in [3.8, 4) is 0 Å². The van der Waals surface area contributed by atoms with E-state index in [-0.39, 0.29) is 23.7 Å². The fourth-order valence-corrected chi connectivity index (χ4v) is 5.10. The Hall–Kier alpha value is -3.12. The summed E-state index contributed by atoms with van der Waals surface area (Å²) < 4.78 is 0. The number of hydrogen-bond donors (Lipinski definition) is 6. The first-order chi connectivity index (χ1) is 17.2. The molecule has 1 aromatic rings. The van der Waals surface area contributed by atoms with Crippen LogP contribution in [0.2, 0.25) is 0 Å². The van der Waals surface area contributed by atoms with E-state index in [0.29, 0.717) is 45.3 Å². The van der Waals surface area contributed by atoms with Crippen LogP contribution in [0.25, 0.3) is 0 Å². The van der Waals surface area contributed by atoms with Gasteiger partial charge >= 0.3 is 7.12 Å². The highest BCUT2D eigenvalue weighted by atomic mass is 16.4. The van der Waals surface area contributed by atoms with Gasteiger partial charge in [0.2, 0.25) is 17.7 Å². The zero-order chi connectivity index (χ0) is 26.2. The van der Waals surface area contributed by atoms with Gasteiger partial charge in [-0.15, -0.1) is 0 Å². The van der Waals surface area contributed by atoms with E-state index < -0.39 is 31.1 Å². The molecule has 0 saturated carbocycles. The smallest absolute Gasteiger partial charge is 0.426 e. The van der Waals surface area contributed by atoms with Crippen molar-refractivity contribution in [3.05, 3.63) is 35.9 Å². The Kier molecular flexibility index (Phi) is 9.71. The molecule has 0 aliphatic carbocycles. The monoisotopic (exact) mass is 500 g/mol. The molecule has 2 saturated heterocycles. The SMILES string of the molecule is CC(=O)N[C@H](Cc1ccccc1)C(=O)N1CCC[C@H]1C(=O)N[C@@H](CC1CCN(C(=N)N)CC1)B(O)O. The molecule has 2 aliphatic rings. The van der Waals surface area contributed by atoms with Gasteiger partial charge in [0.25, 0.3) is 0 Å². The summed E-state index contributed by atoms with van der Waals surface area (Å²) in [6, 6.07) is 7.81. The van der Waals surface area contributed by atoms with Gasteiger partial charge in [-0.05, 0) is 43.6 Å². The van der Waals surface area contributed by atoms with E-state index in [4.69, 9.17) is 11.1 Å². The first-order valence-electron chi connectivity index (χ1n) is 12.5. The van der Waals surface area contributed by atoms with Crippen molar-refractivity contribution in [2.45, 2.75) is 63.5 Å². The minimum Gasteiger partial charge on any atom is -0.426 e. The number of carbonyl (C=O) groups excluding carboxylic acids is 3. The number of nitrogens with two attached hydrogens (primary N) is 1. The van der Waals surface area contributed by atoms with Crippen LogP contribution in [0, 0.1) is 11.3 Å². The van der Waals surface area contributed by atoms with E-state index in [1.165, 1.54) is 11.8 Å². The molecule has 36 heavy (non-hydrogen) atoms. The number of likely N-dealkylation sites (tertiary alicyclic amines) is 2. The summed E-state index contributed by atoms with van der Waals surface area (Å²) in [5.74, 6) is -1.80. The predicted octanol–water partition coefficient (Wildman–Crippen LogP) is -0.783. The van der Waals surface area contributed by atoms with Gasteiger partial charge in [0.1, 0.15) is 12.1 Å². The Morgan fingerprint density at radius 3 is 2.36 bits per heavy atom.